The first-order chi connectivity index (χ1) is 8.45. The van der Waals surface area contributed by atoms with Gasteiger partial charge in [-0.1, -0.05) is 18.5 Å². The molecule has 0 aliphatic carbocycles. The Hall–Kier alpha value is -0.940. The first-order valence-electron chi connectivity index (χ1n) is 5.63. The Morgan fingerprint density at radius 1 is 1.28 bits per heavy atom. The lowest BCUT2D eigenvalue weighted by molar-refractivity contribution is -0.137. The Morgan fingerprint density at radius 3 is 2.56 bits per heavy atom. The topological polar surface area (TPSA) is 21.3 Å². The number of nitrogens with one attached hydrogen (secondary N) is 1. The largest absolute Gasteiger partial charge is 0.416 e. The average Bonchev–Trinajstić information content (AvgIpc) is 2.29. The van der Waals surface area contributed by atoms with Gasteiger partial charge in [-0.3, -0.25) is 0 Å². The van der Waals surface area contributed by atoms with Crippen LogP contribution >= 0.6 is 11.6 Å². The maximum atomic E-state index is 12.4. The van der Waals surface area contributed by atoms with Crippen molar-refractivity contribution in [3.63, 3.8) is 0 Å². The molecule has 0 aliphatic rings. The zero-order valence-corrected chi connectivity index (χ0v) is 10.7. The van der Waals surface area contributed by atoms with Crippen LogP contribution in [0.2, 0.25) is 5.02 Å². The molecule has 1 aromatic carbocycles. The van der Waals surface area contributed by atoms with Crippen LogP contribution in [0.15, 0.2) is 18.2 Å². The minimum absolute atomic E-state index is 0.0558. The summed E-state index contributed by atoms with van der Waals surface area (Å²) in [6.07, 6.45) is -3.44. The monoisotopic (exact) mass is 281 g/mol. The predicted octanol–water partition coefficient (Wildman–Crippen LogP) is 4.20. The van der Waals surface area contributed by atoms with Crippen LogP contribution in [0.4, 0.5) is 18.9 Å². The molecule has 0 radical (unpaired) electrons. The van der Waals surface area contributed by atoms with E-state index in [0.29, 0.717) is 25.4 Å². The number of hydrogen-bond acceptors (Lipinski definition) is 2. The lowest BCUT2D eigenvalue weighted by Crippen LogP contribution is -2.11. The fourth-order valence-corrected chi connectivity index (χ4v) is 1.59. The first-order valence-corrected chi connectivity index (χ1v) is 6.01. The normalized spacial score (nSPS) is 11.6. The molecule has 0 saturated heterocycles. The molecule has 0 fully saturated rings. The summed E-state index contributed by atoms with van der Waals surface area (Å²) < 4.78 is 42.4. The van der Waals surface area contributed by atoms with Gasteiger partial charge in [0.25, 0.3) is 0 Å². The van der Waals surface area contributed by atoms with Crippen LogP contribution in [-0.2, 0) is 10.9 Å². The smallest absolute Gasteiger partial charge is 0.382 e. The molecule has 0 aromatic heterocycles. The third kappa shape index (κ3) is 4.74. The van der Waals surface area contributed by atoms with E-state index in [4.69, 9.17) is 16.3 Å². The Kier molecular flexibility index (Phi) is 5.75. The number of ether oxygens (including phenoxy) is 1. The molecule has 2 nitrogen and oxygen atoms in total. The van der Waals surface area contributed by atoms with E-state index >= 15 is 0 Å². The lowest BCUT2D eigenvalue weighted by Gasteiger charge is -2.11. The van der Waals surface area contributed by atoms with Crippen molar-refractivity contribution in [2.24, 2.45) is 0 Å². The summed E-state index contributed by atoms with van der Waals surface area (Å²) in [4.78, 5) is 0. The van der Waals surface area contributed by atoms with Gasteiger partial charge in [-0.05, 0) is 24.6 Å². The van der Waals surface area contributed by atoms with Crippen molar-refractivity contribution in [3.05, 3.63) is 28.8 Å². The summed E-state index contributed by atoms with van der Waals surface area (Å²) >= 11 is 5.77. The van der Waals surface area contributed by atoms with Crippen molar-refractivity contribution in [2.75, 3.05) is 25.1 Å². The number of rotatable bonds is 6. The fourth-order valence-electron chi connectivity index (χ4n) is 1.34. The van der Waals surface area contributed by atoms with Gasteiger partial charge in [0.15, 0.2) is 0 Å². The quantitative estimate of drug-likeness (QED) is 0.789. The van der Waals surface area contributed by atoms with Crippen molar-refractivity contribution in [2.45, 2.75) is 19.5 Å². The highest BCUT2D eigenvalue weighted by Gasteiger charge is 2.30. The standard InChI is InChI=1S/C12H15ClF3NO/c1-2-6-18-7-5-17-11-4-3-9(8-10(11)13)12(14,15)16/h3-4,8,17H,2,5-7H2,1H3. The number of anilines is 1. The number of alkyl halides is 3. The van der Waals surface area contributed by atoms with Crippen LogP contribution in [0, 0.1) is 0 Å². The molecule has 1 rings (SSSR count). The zero-order chi connectivity index (χ0) is 13.6. The molecule has 0 spiro atoms. The molecule has 0 unspecified atom stereocenters. The van der Waals surface area contributed by atoms with Crippen LogP contribution in [0.1, 0.15) is 18.9 Å². The van der Waals surface area contributed by atoms with Crippen molar-refractivity contribution in [1.29, 1.82) is 0 Å². The number of halogens is 4. The van der Waals surface area contributed by atoms with E-state index in [-0.39, 0.29) is 5.02 Å². The summed E-state index contributed by atoms with van der Waals surface area (Å²) in [6.45, 7) is 3.67. The first kappa shape index (κ1) is 15.1. The summed E-state index contributed by atoms with van der Waals surface area (Å²) in [5, 5.41) is 2.98. The minimum Gasteiger partial charge on any atom is -0.382 e. The van der Waals surface area contributed by atoms with Gasteiger partial charge in [-0.2, -0.15) is 13.2 Å². The second-order valence-corrected chi connectivity index (χ2v) is 4.14. The summed E-state index contributed by atoms with van der Waals surface area (Å²) in [5.41, 5.74) is -0.273. The van der Waals surface area contributed by atoms with E-state index in [1.165, 1.54) is 6.07 Å². The fraction of sp³-hybridized carbons (Fsp3) is 0.500. The van der Waals surface area contributed by atoms with Gasteiger partial charge in [-0.15, -0.1) is 0 Å². The predicted molar refractivity (Wildman–Crippen MR) is 66.1 cm³/mol. The zero-order valence-electron chi connectivity index (χ0n) is 9.98. The van der Waals surface area contributed by atoms with Crippen molar-refractivity contribution in [3.8, 4) is 0 Å². The van der Waals surface area contributed by atoms with E-state index in [1.54, 1.807) is 0 Å². The molecule has 0 atom stereocenters. The lowest BCUT2D eigenvalue weighted by atomic mass is 10.2. The van der Waals surface area contributed by atoms with Gasteiger partial charge in [0.2, 0.25) is 0 Å². The molecule has 102 valence electrons. The molecule has 0 heterocycles. The highest BCUT2D eigenvalue weighted by molar-refractivity contribution is 6.33. The van der Waals surface area contributed by atoms with E-state index in [9.17, 15) is 13.2 Å². The van der Waals surface area contributed by atoms with Crippen LogP contribution in [0.5, 0.6) is 0 Å². The molecule has 1 aromatic rings. The van der Waals surface area contributed by atoms with Gasteiger partial charge < -0.3 is 10.1 Å². The van der Waals surface area contributed by atoms with Crippen LogP contribution < -0.4 is 5.32 Å². The van der Waals surface area contributed by atoms with Gasteiger partial charge in [0, 0.05) is 13.2 Å². The Bertz CT molecular complexity index is 382. The molecule has 0 aliphatic heterocycles. The van der Waals surface area contributed by atoms with E-state index < -0.39 is 11.7 Å². The second-order valence-electron chi connectivity index (χ2n) is 3.73. The third-order valence-corrected chi connectivity index (χ3v) is 2.52. The molecular formula is C12H15ClF3NO. The van der Waals surface area contributed by atoms with Crippen LogP contribution in [-0.4, -0.2) is 19.8 Å². The maximum absolute atomic E-state index is 12.4. The molecule has 18 heavy (non-hydrogen) atoms. The van der Waals surface area contributed by atoms with Crippen molar-refractivity contribution >= 4 is 17.3 Å². The number of hydrogen-bond donors (Lipinski definition) is 1. The van der Waals surface area contributed by atoms with Gasteiger partial charge in [-0.25, -0.2) is 0 Å². The Labute approximate surface area is 109 Å². The van der Waals surface area contributed by atoms with E-state index in [0.717, 1.165) is 18.6 Å². The number of benzene rings is 1. The summed E-state index contributed by atoms with van der Waals surface area (Å²) in [6, 6.07) is 3.24. The van der Waals surface area contributed by atoms with Crippen molar-refractivity contribution in [1.82, 2.24) is 0 Å². The highest BCUT2D eigenvalue weighted by Crippen LogP contribution is 2.33. The molecule has 0 bridgehead atoms. The van der Waals surface area contributed by atoms with E-state index in [2.05, 4.69) is 5.32 Å². The Morgan fingerprint density at radius 2 is 2.00 bits per heavy atom. The van der Waals surface area contributed by atoms with E-state index in [1.807, 2.05) is 6.92 Å². The van der Waals surface area contributed by atoms with Gasteiger partial charge in [0.05, 0.1) is 22.9 Å². The molecular weight excluding hydrogens is 267 g/mol. The minimum atomic E-state index is -4.37. The summed E-state index contributed by atoms with van der Waals surface area (Å²) in [7, 11) is 0. The Balaban J connectivity index is 2.53. The maximum Gasteiger partial charge on any atom is 0.416 e. The molecule has 0 saturated carbocycles. The highest BCUT2D eigenvalue weighted by atomic mass is 35.5. The van der Waals surface area contributed by atoms with Gasteiger partial charge >= 0.3 is 6.18 Å². The van der Waals surface area contributed by atoms with Crippen LogP contribution in [0.25, 0.3) is 0 Å². The summed E-state index contributed by atoms with van der Waals surface area (Å²) in [5.74, 6) is 0. The third-order valence-electron chi connectivity index (χ3n) is 2.21. The average molecular weight is 282 g/mol. The van der Waals surface area contributed by atoms with Gasteiger partial charge in [0.1, 0.15) is 0 Å². The molecule has 0 amide bonds. The van der Waals surface area contributed by atoms with Crippen LogP contribution in [0.3, 0.4) is 0 Å². The van der Waals surface area contributed by atoms with Crippen molar-refractivity contribution < 1.29 is 17.9 Å². The molecule has 1 N–H and O–H groups in total. The second kappa shape index (κ2) is 6.85. The SMILES string of the molecule is CCCOCCNc1ccc(C(F)(F)F)cc1Cl. The molecule has 6 heteroatoms.